The van der Waals surface area contributed by atoms with Crippen molar-refractivity contribution in [3.05, 3.63) is 101 Å². The number of rotatable bonds is 4. The van der Waals surface area contributed by atoms with E-state index in [9.17, 15) is 18.4 Å². The fraction of sp³-hybridized carbons (Fsp3) is 0.0870. The van der Waals surface area contributed by atoms with Gasteiger partial charge in [-0.15, -0.1) is 0 Å². The highest BCUT2D eigenvalue weighted by atomic mass is 19.1. The van der Waals surface area contributed by atoms with Crippen molar-refractivity contribution in [2.24, 2.45) is 4.99 Å². The molecule has 1 N–H and O–H groups in total. The highest BCUT2D eigenvalue weighted by molar-refractivity contribution is 6.17. The molecule has 2 amide bonds. The molecule has 0 aromatic heterocycles. The summed E-state index contributed by atoms with van der Waals surface area (Å²) in [7, 11) is 3.77. The zero-order chi connectivity index (χ0) is 21.7. The number of amides is 2. The van der Waals surface area contributed by atoms with E-state index in [1.54, 1.807) is 12.1 Å². The first-order valence-electron chi connectivity index (χ1n) is 9.07. The van der Waals surface area contributed by atoms with Gasteiger partial charge >= 0.3 is 0 Å². The maximum Gasteiger partial charge on any atom is 0.278 e. The number of carbonyl (C=O) groups is 2. The van der Waals surface area contributed by atoms with Crippen LogP contribution in [0.4, 0.5) is 14.5 Å². The molecule has 0 atom stereocenters. The van der Waals surface area contributed by atoms with Crippen LogP contribution in [0.15, 0.2) is 77.8 Å². The molecule has 152 valence electrons. The van der Waals surface area contributed by atoms with Gasteiger partial charge in [0.1, 0.15) is 17.5 Å². The lowest BCUT2D eigenvalue weighted by molar-refractivity contribution is 0.0977. The molecule has 0 saturated carbocycles. The summed E-state index contributed by atoms with van der Waals surface area (Å²) in [6, 6.07) is 17.0. The van der Waals surface area contributed by atoms with E-state index in [-0.39, 0.29) is 17.0 Å². The van der Waals surface area contributed by atoms with Crippen LogP contribution in [0.3, 0.4) is 0 Å². The van der Waals surface area contributed by atoms with E-state index in [0.29, 0.717) is 5.56 Å². The van der Waals surface area contributed by atoms with Crippen LogP contribution in [-0.4, -0.2) is 31.7 Å². The van der Waals surface area contributed by atoms with Crippen LogP contribution in [0, 0.1) is 11.6 Å². The highest BCUT2D eigenvalue weighted by Crippen LogP contribution is 2.14. The molecule has 30 heavy (non-hydrogen) atoms. The summed E-state index contributed by atoms with van der Waals surface area (Å²) in [5.74, 6) is -2.09. The van der Waals surface area contributed by atoms with E-state index < -0.39 is 23.4 Å². The first kappa shape index (κ1) is 20.9. The molecule has 0 spiro atoms. The van der Waals surface area contributed by atoms with Gasteiger partial charge in [0.25, 0.3) is 11.8 Å². The van der Waals surface area contributed by atoms with Crippen molar-refractivity contribution >= 4 is 23.3 Å². The van der Waals surface area contributed by atoms with Crippen LogP contribution in [0.5, 0.6) is 0 Å². The molecule has 0 aliphatic carbocycles. The fourth-order valence-corrected chi connectivity index (χ4v) is 2.62. The summed E-state index contributed by atoms with van der Waals surface area (Å²) in [5, 5.41) is 2.61. The van der Waals surface area contributed by atoms with Crippen LogP contribution < -0.4 is 10.2 Å². The average molecular weight is 407 g/mol. The van der Waals surface area contributed by atoms with Crippen molar-refractivity contribution in [3.8, 4) is 0 Å². The molecular weight excluding hydrogens is 388 g/mol. The van der Waals surface area contributed by atoms with Gasteiger partial charge < -0.3 is 10.2 Å². The Morgan fingerprint density at radius 2 is 1.20 bits per heavy atom. The summed E-state index contributed by atoms with van der Waals surface area (Å²) >= 11 is 0. The molecule has 3 rings (SSSR count). The van der Waals surface area contributed by atoms with Crippen LogP contribution in [-0.2, 0) is 0 Å². The predicted octanol–water partition coefficient (Wildman–Crippen LogP) is 4.05. The summed E-state index contributed by atoms with van der Waals surface area (Å²) in [6.07, 6.45) is 0. The Labute approximate surface area is 172 Å². The lowest BCUT2D eigenvalue weighted by Crippen LogP contribution is -2.32. The number of amidine groups is 1. The molecule has 0 heterocycles. The molecular formula is C23H19F2N3O2. The minimum absolute atomic E-state index is 0.0314. The van der Waals surface area contributed by atoms with E-state index >= 15 is 0 Å². The Bertz CT molecular complexity index is 1070. The Hall–Kier alpha value is -3.87. The Balaban J connectivity index is 1.94. The van der Waals surface area contributed by atoms with E-state index in [1.807, 2.05) is 31.1 Å². The second kappa shape index (κ2) is 9.09. The van der Waals surface area contributed by atoms with Crippen LogP contribution in [0.2, 0.25) is 0 Å². The number of nitrogens with one attached hydrogen (secondary N) is 1. The minimum atomic E-state index is -0.638. The number of hydrogen-bond acceptors (Lipinski definition) is 3. The summed E-state index contributed by atoms with van der Waals surface area (Å²) in [4.78, 5) is 31.1. The Morgan fingerprint density at radius 1 is 0.733 bits per heavy atom. The van der Waals surface area contributed by atoms with Gasteiger partial charge in [-0.3, -0.25) is 9.59 Å². The summed E-state index contributed by atoms with van der Waals surface area (Å²) in [5.41, 5.74) is 1.82. The fourth-order valence-electron chi connectivity index (χ4n) is 2.62. The molecule has 5 nitrogen and oxygen atoms in total. The van der Waals surface area contributed by atoms with E-state index in [2.05, 4.69) is 10.3 Å². The Kier molecular flexibility index (Phi) is 6.32. The number of benzene rings is 3. The molecule has 7 heteroatoms. The average Bonchev–Trinajstić information content (AvgIpc) is 2.74. The molecule has 3 aromatic carbocycles. The molecule has 0 bridgehead atoms. The standard InChI is InChI=1S/C23H19F2N3O2/c1-28(2)20-13-7-15(8-14-20)21(26-22(29)16-3-9-18(24)10-4-16)27-23(30)17-5-11-19(25)12-6-17/h3-14H,1-2H3,(H,26,27,29,30). The topological polar surface area (TPSA) is 61.8 Å². The largest absolute Gasteiger partial charge is 0.378 e. The van der Waals surface area contributed by atoms with Crippen LogP contribution >= 0.6 is 0 Å². The lowest BCUT2D eigenvalue weighted by atomic mass is 10.1. The normalized spacial score (nSPS) is 11.1. The molecule has 3 aromatic rings. The molecule has 0 unspecified atom stereocenters. The summed E-state index contributed by atoms with van der Waals surface area (Å²) in [6.45, 7) is 0. The third-order valence-electron chi connectivity index (χ3n) is 4.30. The van der Waals surface area contributed by atoms with Crippen molar-refractivity contribution in [2.75, 3.05) is 19.0 Å². The number of carbonyl (C=O) groups excluding carboxylic acids is 2. The van der Waals surface area contributed by atoms with Gasteiger partial charge in [0.05, 0.1) is 0 Å². The number of hydrogen-bond donors (Lipinski definition) is 1. The van der Waals surface area contributed by atoms with Crippen LogP contribution in [0.1, 0.15) is 26.3 Å². The molecule has 0 aliphatic heterocycles. The van der Waals surface area contributed by atoms with E-state index in [4.69, 9.17) is 0 Å². The number of nitrogens with zero attached hydrogens (tertiary/aromatic N) is 2. The number of anilines is 1. The second-order valence-electron chi connectivity index (χ2n) is 6.67. The third-order valence-corrected chi connectivity index (χ3v) is 4.30. The lowest BCUT2D eigenvalue weighted by Gasteiger charge is -2.14. The highest BCUT2D eigenvalue weighted by Gasteiger charge is 2.14. The zero-order valence-electron chi connectivity index (χ0n) is 16.4. The zero-order valence-corrected chi connectivity index (χ0v) is 16.4. The van der Waals surface area contributed by atoms with E-state index in [1.165, 1.54) is 36.4 Å². The van der Waals surface area contributed by atoms with Crippen molar-refractivity contribution < 1.29 is 18.4 Å². The Morgan fingerprint density at radius 3 is 1.70 bits per heavy atom. The number of aliphatic imine (C=N–C) groups is 1. The van der Waals surface area contributed by atoms with Crippen molar-refractivity contribution in [1.82, 2.24) is 5.32 Å². The van der Waals surface area contributed by atoms with Gasteiger partial charge in [0.2, 0.25) is 0 Å². The number of halogens is 2. The molecule has 0 saturated heterocycles. The molecule has 0 radical (unpaired) electrons. The summed E-state index contributed by atoms with van der Waals surface area (Å²) < 4.78 is 26.3. The smallest absolute Gasteiger partial charge is 0.278 e. The van der Waals surface area contributed by atoms with Gasteiger partial charge in [0, 0.05) is 36.5 Å². The van der Waals surface area contributed by atoms with E-state index in [0.717, 1.165) is 17.8 Å². The van der Waals surface area contributed by atoms with Crippen molar-refractivity contribution in [3.63, 3.8) is 0 Å². The molecule has 0 aliphatic rings. The van der Waals surface area contributed by atoms with Crippen LogP contribution in [0.25, 0.3) is 0 Å². The first-order valence-corrected chi connectivity index (χ1v) is 9.07. The quantitative estimate of drug-likeness (QED) is 0.524. The van der Waals surface area contributed by atoms with Crippen molar-refractivity contribution in [1.29, 1.82) is 0 Å². The van der Waals surface area contributed by atoms with Gasteiger partial charge in [0.15, 0.2) is 0 Å². The van der Waals surface area contributed by atoms with Gasteiger partial charge in [-0.05, 0) is 72.8 Å². The van der Waals surface area contributed by atoms with Gasteiger partial charge in [-0.25, -0.2) is 8.78 Å². The SMILES string of the molecule is CN(C)c1ccc(C(=NC(=O)c2ccc(F)cc2)NC(=O)c2ccc(F)cc2)cc1. The monoisotopic (exact) mass is 407 g/mol. The maximum atomic E-state index is 13.1. The third kappa shape index (κ3) is 5.14. The van der Waals surface area contributed by atoms with Gasteiger partial charge in [-0.2, -0.15) is 4.99 Å². The molecule has 0 fully saturated rings. The maximum absolute atomic E-state index is 13.1. The first-order chi connectivity index (χ1) is 14.3. The van der Waals surface area contributed by atoms with Crippen molar-refractivity contribution in [2.45, 2.75) is 0 Å². The van der Waals surface area contributed by atoms with Gasteiger partial charge in [-0.1, -0.05) is 0 Å². The predicted molar refractivity (Wildman–Crippen MR) is 112 cm³/mol. The second-order valence-corrected chi connectivity index (χ2v) is 6.67. The minimum Gasteiger partial charge on any atom is -0.378 e.